The molecule has 1 aromatic carbocycles. The molecule has 1 amide bonds. The van der Waals surface area contributed by atoms with Crippen LogP contribution in [0.4, 0.5) is 0 Å². The number of fused-ring (bicyclic) bond motifs is 3. The number of para-hydroxylation sites is 1. The number of aryl methyl sites for hydroxylation is 1. The van der Waals surface area contributed by atoms with Gasteiger partial charge in [0.2, 0.25) is 5.91 Å². The van der Waals surface area contributed by atoms with Crippen molar-refractivity contribution in [3.63, 3.8) is 0 Å². The zero-order valence-corrected chi connectivity index (χ0v) is 17.2. The van der Waals surface area contributed by atoms with Gasteiger partial charge in [0.1, 0.15) is 5.75 Å². The zero-order valence-electron chi connectivity index (χ0n) is 16.4. The Morgan fingerprint density at radius 2 is 2.07 bits per heavy atom. The molecule has 6 heteroatoms. The lowest BCUT2D eigenvalue weighted by Crippen LogP contribution is -2.45. The minimum atomic E-state index is 0.237. The van der Waals surface area contributed by atoms with Crippen LogP contribution in [0.5, 0.6) is 5.75 Å². The average Bonchev–Trinajstić information content (AvgIpc) is 3.06. The van der Waals surface area contributed by atoms with Crippen LogP contribution in [0.1, 0.15) is 16.9 Å². The lowest BCUT2D eigenvalue weighted by molar-refractivity contribution is -0.133. The van der Waals surface area contributed by atoms with E-state index in [2.05, 4.69) is 27.3 Å². The van der Waals surface area contributed by atoms with Gasteiger partial charge in [-0.3, -0.25) is 9.69 Å². The van der Waals surface area contributed by atoms with E-state index >= 15 is 0 Å². The maximum absolute atomic E-state index is 13.0. The second-order valence-electron chi connectivity index (χ2n) is 7.68. The van der Waals surface area contributed by atoms with Crippen molar-refractivity contribution < 1.29 is 14.3 Å². The summed E-state index contributed by atoms with van der Waals surface area (Å²) in [6.07, 6.45) is 1.23. The van der Waals surface area contributed by atoms with Crippen LogP contribution < -0.4 is 4.74 Å². The summed E-state index contributed by atoms with van der Waals surface area (Å²) >= 11 is 1.80. The molecule has 0 N–H and O–H groups in total. The van der Waals surface area contributed by atoms with E-state index in [-0.39, 0.29) is 11.9 Å². The van der Waals surface area contributed by atoms with Gasteiger partial charge < -0.3 is 14.4 Å². The van der Waals surface area contributed by atoms with E-state index in [1.165, 1.54) is 4.88 Å². The molecule has 0 saturated carbocycles. The summed E-state index contributed by atoms with van der Waals surface area (Å²) < 4.78 is 11.3. The van der Waals surface area contributed by atoms with Gasteiger partial charge in [0, 0.05) is 43.4 Å². The Hall–Kier alpha value is -1.89. The second-order valence-corrected chi connectivity index (χ2v) is 8.71. The number of methoxy groups -OCH3 is 1. The van der Waals surface area contributed by atoms with Crippen molar-refractivity contribution in [1.82, 2.24) is 9.80 Å². The van der Waals surface area contributed by atoms with Gasteiger partial charge in [-0.1, -0.05) is 24.3 Å². The molecule has 0 unspecified atom stereocenters. The fourth-order valence-electron chi connectivity index (χ4n) is 4.24. The van der Waals surface area contributed by atoms with Crippen molar-refractivity contribution in [3.8, 4) is 5.75 Å². The Kier molecular flexibility index (Phi) is 6.29. The van der Waals surface area contributed by atoms with Gasteiger partial charge in [-0.15, -0.1) is 11.3 Å². The minimum Gasteiger partial charge on any atom is -0.496 e. The standard InChI is InChI=1S/C22H28N2O3S/c1-26-21-7-3-2-5-18(21)8-9-22(25)24-12-17-11-23(14-20-6-4-10-28-20)19(13-24)16-27-15-17/h2-7,10,17,19H,8-9,11-16H2,1H3/t17-,19+/m1/s1. The van der Waals surface area contributed by atoms with Gasteiger partial charge in [0.05, 0.1) is 26.4 Å². The summed E-state index contributed by atoms with van der Waals surface area (Å²) in [6.45, 7) is 4.95. The van der Waals surface area contributed by atoms with E-state index in [1.807, 2.05) is 24.3 Å². The number of ether oxygens (including phenoxy) is 2. The SMILES string of the molecule is COc1ccccc1CCC(=O)N1C[C@@H]2COC[C@H](C1)N(Cc1cccs1)C2. The molecule has 2 fully saturated rings. The van der Waals surface area contributed by atoms with Crippen molar-refractivity contribution in [2.45, 2.75) is 25.4 Å². The highest BCUT2D eigenvalue weighted by atomic mass is 32.1. The van der Waals surface area contributed by atoms with Crippen LogP contribution in [-0.2, 0) is 22.5 Å². The van der Waals surface area contributed by atoms with E-state index in [0.717, 1.165) is 44.1 Å². The number of amides is 1. The van der Waals surface area contributed by atoms with Gasteiger partial charge in [-0.05, 0) is 29.5 Å². The van der Waals surface area contributed by atoms with E-state index in [1.54, 1.807) is 18.4 Å². The Morgan fingerprint density at radius 3 is 2.89 bits per heavy atom. The van der Waals surface area contributed by atoms with Gasteiger partial charge >= 0.3 is 0 Å². The third-order valence-electron chi connectivity index (χ3n) is 5.68. The van der Waals surface area contributed by atoms with E-state index < -0.39 is 0 Å². The normalized spacial score (nSPS) is 22.7. The monoisotopic (exact) mass is 400 g/mol. The first-order chi connectivity index (χ1) is 13.7. The molecular formula is C22H28N2O3S. The summed E-state index contributed by atoms with van der Waals surface area (Å²) in [7, 11) is 1.68. The summed E-state index contributed by atoms with van der Waals surface area (Å²) in [5, 5.41) is 2.13. The number of hydrogen-bond acceptors (Lipinski definition) is 5. The molecule has 2 aromatic rings. The zero-order chi connectivity index (χ0) is 19.3. The third kappa shape index (κ3) is 4.57. The molecule has 1 aromatic heterocycles. The maximum atomic E-state index is 13.0. The van der Waals surface area contributed by atoms with Crippen LogP contribution >= 0.6 is 11.3 Å². The van der Waals surface area contributed by atoms with Crippen molar-refractivity contribution in [2.75, 3.05) is 40.0 Å². The molecule has 28 heavy (non-hydrogen) atoms. The highest BCUT2D eigenvalue weighted by Crippen LogP contribution is 2.24. The lowest BCUT2D eigenvalue weighted by atomic mass is 10.1. The molecule has 0 radical (unpaired) electrons. The van der Waals surface area contributed by atoms with E-state index in [4.69, 9.17) is 9.47 Å². The van der Waals surface area contributed by atoms with Crippen LogP contribution in [0.2, 0.25) is 0 Å². The van der Waals surface area contributed by atoms with Crippen LogP contribution in [-0.4, -0.2) is 61.7 Å². The van der Waals surface area contributed by atoms with Crippen LogP contribution in [0.3, 0.4) is 0 Å². The Morgan fingerprint density at radius 1 is 1.18 bits per heavy atom. The number of hydrogen-bond donors (Lipinski definition) is 0. The summed E-state index contributed by atoms with van der Waals surface area (Å²) in [5.41, 5.74) is 1.09. The smallest absolute Gasteiger partial charge is 0.222 e. The molecule has 4 rings (SSSR count). The minimum absolute atomic E-state index is 0.237. The second kappa shape index (κ2) is 9.07. The van der Waals surface area contributed by atoms with Gasteiger partial charge in [-0.2, -0.15) is 0 Å². The van der Waals surface area contributed by atoms with Gasteiger partial charge in [-0.25, -0.2) is 0 Å². The number of carbonyl (C=O) groups excluding carboxylic acids is 1. The Labute approximate surface area is 170 Å². The predicted octanol–water partition coefficient (Wildman–Crippen LogP) is 3.05. The van der Waals surface area contributed by atoms with Crippen LogP contribution in [0, 0.1) is 5.92 Å². The van der Waals surface area contributed by atoms with Gasteiger partial charge in [0.25, 0.3) is 0 Å². The first-order valence-electron chi connectivity index (χ1n) is 9.96. The van der Waals surface area contributed by atoms with Crippen LogP contribution in [0.15, 0.2) is 41.8 Å². The fraction of sp³-hybridized carbons (Fsp3) is 0.500. The van der Waals surface area contributed by atoms with Crippen LogP contribution in [0.25, 0.3) is 0 Å². The largest absolute Gasteiger partial charge is 0.496 e. The van der Waals surface area contributed by atoms with Crippen molar-refractivity contribution in [2.24, 2.45) is 5.92 Å². The Bertz CT molecular complexity index is 780. The molecule has 0 aliphatic carbocycles. The van der Waals surface area contributed by atoms with E-state index in [9.17, 15) is 4.79 Å². The maximum Gasteiger partial charge on any atom is 0.222 e. The molecule has 2 saturated heterocycles. The van der Waals surface area contributed by atoms with E-state index in [0.29, 0.717) is 25.4 Å². The topological polar surface area (TPSA) is 42.0 Å². The molecule has 3 heterocycles. The highest BCUT2D eigenvalue weighted by molar-refractivity contribution is 7.09. The first kappa shape index (κ1) is 19.4. The number of benzene rings is 1. The fourth-order valence-corrected chi connectivity index (χ4v) is 4.97. The molecule has 2 aliphatic rings. The average molecular weight is 401 g/mol. The summed E-state index contributed by atoms with van der Waals surface area (Å²) in [6, 6.07) is 12.5. The van der Waals surface area contributed by atoms with Crippen molar-refractivity contribution in [3.05, 3.63) is 52.2 Å². The molecule has 2 aliphatic heterocycles. The molecule has 2 atom stereocenters. The van der Waals surface area contributed by atoms with Gasteiger partial charge in [0.15, 0.2) is 0 Å². The molecule has 2 bridgehead atoms. The molecule has 5 nitrogen and oxygen atoms in total. The number of nitrogens with zero attached hydrogens (tertiary/aromatic N) is 2. The number of thiophene rings is 1. The Balaban J connectivity index is 1.40. The van der Waals surface area contributed by atoms with Crippen molar-refractivity contribution in [1.29, 1.82) is 0 Å². The predicted molar refractivity (Wildman–Crippen MR) is 111 cm³/mol. The quantitative estimate of drug-likeness (QED) is 0.747. The molecule has 150 valence electrons. The third-order valence-corrected chi connectivity index (χ3v) is 6.54. The molecule has 0 spiro atoms. The highest BCUT2D eigenvalue weighted by Gasteiger charge is 2.35. The number of carbonyl (C=O) groups is 1. The molecular weight excluding hydrogens is 372 g/mol. The first-order valence-corrected chi connectivity index (χ1v) is 10.8. The summed E-state index contributed by atoms with van der Waals surface area (Å²) in [4.78, 5) is 19.0. The lowest BCUT2D eigenvalue weighted by Gasteiger charge is -2.31. The summed E-state index contributed by atoms with van der Waals surface area (Å²) in [5.74, 6) is 1.47. The van der Waals surface area contributed by atoms with Crippen molar-refractivity contribution >= 4 is 17.2 Å². The number of rotatable bonds is 6.